The zero-order valence-corrected chi connectivity index (χ0v) is 7.68. The van der Waals surface area contributed by atoms with Crippen LogP contribution in [0, 0.1) is 3.57 Å². The van der Waals surface area contributed by atoms with E-state index < -0.39 is 0 Å². The van der Waals surface area contributed by atoms with Crippen molar-refractivity contribution in [2.75, 3.05) is 0 Å². The van der Waals surface area contributed by atoms with Crippen molar-refractivity contribution in [3.63, 3.8) is 0 Å². The van der Waals surface area contributed by atoms with Gasteiger partial charge in [-0.25, -0.2) is 4.98 Å². The highest BCUT2D eigenvalue weighted by atomic mass is 127. The van der Waals surface area contributed by atoms with Gasteiger partial charge in [-0.2, -0.15) is 0 Å². The maximum absolute atomic E-state index is 10.9. The Hall–Kier alpha value is -0.390. The van der Waals surface area contributed by atoms with Crippen LogP contribution in [0.15, 0.2) is 11.1 Å². The summed E-state index contributed by atoms with van der Waals surface area (Å²) in [6.07, 6.45) is 2.24. The molecule has 0 unspecified atom stereocenters. The summed E-state index contributed by atoms with van der Waals surface area (Å²) in [6.45, 7) is 1.98. The molecule has 0 saturated carbocycles. The lowest BCUT2D eigenvalue weighted by molar-refractivity contribution is 0.961. The molecule has 1 rings (SSSR count). The Bertz CT molecular complexity index is 281. The molecule has 3 nitrogen and oxygen atoms in total. The summed E-state index contributed by atoms with van der Waals surface area (Å²) < 4.78 is 0.697. The highest BCUT2D eigenvalue weighted by Crippen LogP contribution is 2.01. The number of hydrogen-bond acceptors (Lipinski definition) is 2. The molecule has 0 fully saturated rings. The van der Waals surface area contributed by atoms with Crippen molar-refractivity contribution in [3.05, 3.63) is 25.9 Å². The summed E-state index contributed by atoms with van der Waals surface area (Å²) in [4.78, 5) is 17.4. The van der Waals surface area contributed by atoms with Crippen LogP contribution < -0.4 is 5.56 Å². The lowest BCUT2D eigenvalue weighted by atomic mass is 10.3. The number of aryl methyl sites for hydroxylation is 1. The largest absolute Gasteiger partial charge is 0.312 e. The van der Waals surface area contributed by atoms with E-state index in [0.717, 1.165) is 12.1 Å². The van der Waals surface area contributed by atoms with Gasteiger partial charge in [-0.1, -0.05) is 6.92 Å². The maximum Gasteiger partial charge on any atom is 0.264 e. The molecule has 0 aliphatic heterocycles. The molecule has 0 aliphatic carbocycles. The third-order valence-corrected chi connectivity index (χ3v) is 2.32. The predicted octanol–water partition coefficient (Wildman–Crippen LogP) is 0.937. The van der Waals surface area contributed by atoms with Crippen LogP contribution in [0.3, 0.4) is 0 Å². The number of halogens is 1. The summed E-state index contributed by atoms with van der Waals surface area (Å²) >= 11 is 2.00. The number of nitrogens with zero attached hydrogens (tertiary/aromatic N) is 1. The van der Waals surface area contributed by atoms with Crippen LogP contribution in [0.25, 0.3) is 0 Å². The smallest absolute Gasteiger partial charge is 0.264 e. The molecule has 0 spiro atoms. The Balaban J connectivity index is 3.28. The second-order valence-electron chi connectivity index (χ2n) is 1.85. The quantitative estimate of drug-likeness (QED) is 0.754. The molecule has 0 amide bonds. The van der Waals surface area contributed by atoms with E-state index in [2.05, 4.69) is 9.97 Å². The van der Waals surface area contributed by atoms with Gasteiger partial charge >= 0.3 is 0 Å². The van der Waals surface area contributed by atoms with Gasteiger partial charge < -0.3 is 4.98 Å². The molecule has 0 radical (unpaired) electrons. The SMILES string of the molecule is CCc1nc[nH]c(=O)c1I. The van der Waals surface area contributed by atoms with Gasteiger partial charge in [0, 0.05) is 0 Å². The fraction of sp³-hybridized carbons (Fsp3) is 0.333. The van der Waals surface area contributed by atoms with E-state index >= 15 is 0 Å². The fourth-order valence-electron chi connectivity index (χ4n) is 0.666. The normalized spacial score (nSPS) is 9.80. The zero-order valence-electron chi connectivity index (χ0n) is 5.52. The van der Waals surface area contributed by atoms with Gasteiger partial charge in [-0.15, -0.1) is 0 Å². The Morgan fingerprint density at radius 2 is 2.50 bits per heavy atom. The van der Waals surface area contributed by atoms with E-state index in [1.165, 1.54) is 6.33 Å². The zero-order chi connectivity index (χ0) is 7.56. The average molecular weight is 250 g/mol. The molecule has 0 aromatic carbocycles. The minimum atomic E-state index is -0.0487. The van der Waals surface area contributed by atoms with E-state index in [9.17, 15) is 4.79 Å². The number of nitrogens with one attached hydrogen (secondary N) is 1. The third kappa shape index (κ3) is 1.36. The molecule has 0 atom stereocenters. The molecular formula is C6H7IN2O. The molecule has 0 bridgehead atoms. The van der Waals surface area contributed by atoms with Crippen molar-refractivity contribution in [3.8, 4) is 0 Å². The van der Waals surface area contributed by atoms with Crippen molar-refractivity contribution < 1.29 is 0 Å². The van der Waals surface area contributed by atoms with Gasteiger partial charge in [0.2, 0.25) is 0 Å². The van der Waals surface area contributed by atoms with Gasteiger partial charge in [0.15, 0.2) is 0 Å². The molecule has 10 heavy (non-hydrogen) atoms. The Labute approximate surface area is 72.0 Å². The Kier molecular flexibility index (Phi) is 2.42. The molecular weight excluding hydrogens is 243 g/mol. The van der Waals surface area contributed by atoms with Crippen molar-refractivity contribution in [1.82, 2.24) is 9.97 Å². The number of aromatic amines is 1. The summed E-state index contributed by atoms with van der Waals surface area (Å²) in [5.41, 5.74) is 0.816. The van der Waals surface area contributed by atoms with Crippen molar-refractivity contribution >= 4 is 22.6 Å². The molecule has 1 N–H and O–H groups in total. The average Bonchev–Trinajstić information content (AvgIpc) is 1.95. The second-order valence-corrected chi connectivity index (χ2v) is 2.92. The number of rotatable bonds is 1. The van der Waals surface area contributed by atoms with E-state index in [1.807, 2.05) is 29.5 Å². The molecule has 1 heterocycles. The van der Waals surface area contributed by atoms with Gasteiger partial charge in [0.25, 0.3) is 5.56 Å². The molecule has 1 aromatic heterocycles. The second kappa shape index (κ2) is 3.14. The summed E-state index contributed by atoms with van der Waals surface area (Å²) in [5.74, 6) is 0. The van der Waals surface area contributed by atoms with E-state index in [-0.39, 0.29) is 5.56 Å². The minimum Gasteiger partial charge on any atom is -0.312 e. The summed E-state index contributed by atoms with van der Waals surface area (Å²) in [7, 11) is 0. The fourth-order valence-corrected chi connectivity index (χ4v) is 1.34. The third-order valence-electron chi connectivity index (χ3n) is 1.20. The van der Waals surface area contributed by atoms with Crippen LogP contribution in [-0.4, -0.2) is 9.97 Å². The monoisotopic (exact) mass is 250 g/mol. The first-order chi connectivity index (χ1) is 4.75. The van der Waals surface area contributed by atoms with Crippen LogP contribution in [0.2, 0.25) is 0 Å². The van der Waals surface area contributed by atoms with Gasteiger partial charge in [-0.3, -0.25) is 4.79 Å². The molecule has 0 saturated heterocycles. The van der Waals surface area contributed by atoms with Crippen molar-refractivity contribution in [1.29, 1.82) is 0 Å². The minimum absolute atomic E-state index is 0.0487. The van der Waals surface area contributed by atoms with Gasteiger partial charge in [-0.05, 0) is 29.0 Å². The highest BCUT2D eigenvalue weighted by molar-refractivity contribution is 14.1. The first kappa shape index (κ1) is 7.71. The van der Waals surface area contributed by atoms with E-state index in [1.54, 1.807) is 0 Å². The first-order valence-electron chi connectivity index (χ1n) is 2.97. The van der Waals surface area contributed by atoms with Crippen molar-refractivity contribution in [2.24, 2.45) is 0 Å². The Morgan fingerprint density at radius 3 is 3.00 bits per heavy atom. The van der Waals surface area contributed by atoms with Crippen molar-refractivity contribution in [2.45, 2.75) is 13.3 Å². The number of H-pyrrole nitrogens is 1. The summed E-state index contributed by atoms with van der Waals surface area (Å²) in [6, 6.07) is 0. The van der Waals surface area contributed by atoms with E-state index in [0.29, 0.717) is 3.57 Å². The summed E-state index contributed by atoms with van der Waals surface area (Å²) in [5, 5.41) is 0. The standard InChI is InChI=1S/C6H7IN2O/c1-2-4-5(7)6(10)9-3-8-4/h3H,2H2,1H3,(H,8,9,10). The first-order valence-corrected chi connectivity index (χ1v) is 4.05. The number of hydrogen-bond donors (Lipinski definition) is 1. The molecule has 54 valence electrons. The van der Waals surface area contributed by atoms with Crippen LogP contribution in [0.1, 0.15) is 12.6 Å². The lowest BCUT2D eigenvalue weighted by Crippen LogP contribution is -2.12. The topological polar surface area (TPSA) is 45.8 Å². The molecule has 4 heteroatoms. The van der Waals surface area contributed by atoms with Crippen LogP contribution in [0.5, 0.6) is 0 Å². The van der Waals surface area contributed by atoms with E-state index in [4.69, 9.17) is 0 Å². The lowest BCUT2D eigenvalue weighted by Gasteiger charge is -1.95. The van der Waals surface area contributed by atoms with Gasteiger partial charge in [0.05, 0.1) is 15.6 Å². The maximum atomic E-state index is 10.9. The molecule has 1 aromatic rings. The molecule has 0 aliphatic rings. The Morgan fingerprint density at radius 1 is 1.80 bits per heavy atom. The number of aromatic nitrogens is 2. The van der Waals surface area contributed by atoms with Gasteiger partial charge in [0.1, 0.15) is 0 Å². The highest BCUT2D eigenvalue weighted by Gasteiger charge is 2.00. The van der Waals surface area contributed by atoms with Crippen LogP contribution in [-0.2, 0) is 6.42 Å². The predicted molar refractivity (Wildman–Crippen MR) is 47.0 cm³/mol. The van der Waals surface area contributed by atoms with Crippen LogP contribution in [0.4, 0.5) is 0 Å². The van der Waals surface area contributed by atoms with Crippen LogP contribution >= 0.6 is 22.6 Å².